The lowest BCUT2D eigenvalue weighted by Crippen LogP contribution is -2.39. The monoisotopic (exact) mass is 269 g/mol. The molecule has 1 fully saturated rings. The van der Waals surface area contributed by atoms with Crippen molar-refractivity contribution in [2.24, 2.45) is 5.41 Å². The van der Waals surface area contributed by atoms with Crippen molar-refractivity contribution in [2.45, 2.75) is 19.8 Å². The van der Waals surface area contributed by atoms with Crippen LogP contribution in [0, 0.1) is 5.41 Å². The smallest absolute Gasteiger partial charge is 0.271 e. The van der Waals surface area contributed by atoms with Gasteiger partial charge in [0, 0.05) is 19.8 Å². The van der Waals surface area contributed by atoms with Gasteiger partial charge in [0.15, 0.2) is 0 Å². The zero-order valence-electron chi connectivity index (χ0n) is 10.3. The Morgan fingerprint density at radius 1 is 1.50 bits per heavy atom. The van der Waals surface area contributed by atoms with Gasteiger partial charge in [0.25, 0.3) is 5.91 Å². The molecule has 1 aromatic rings. The fourth-order valence-corrected chi connectivity index (χ4v) is 2.02. The molecule has 1 amide bonds. The van der Waals surface area contributed by atoms with Gasteiger partial charge in [0.1, 0.15) is 10.8 Å². The van der Waals surface area contributed by atoms with Gasteiger partial charge >= 0.3 is 0 Å². The summed E-state index contributed by atoms with van der Waals surface area (Å²) in [6.07, 6.45) is 4.72. The molecule has 1 aromatic heterocycles. The largest absolute Gasteiger partial charge is 0.381 e. The number of amides is 1. The molecule has 0 radical (unpaired) electrons. The van der Waals surface area contributed by atoms with E-state index in [0.717, 1.165) is 26.1 Å². The molecule has 0 spiro atoms. The number of rotatable bonds is 3. The molecule has 2 heterocycles. The molecule has 0 saturated carbocycles. The molecular formula is C12H16ClN3O2. The van der Waals surface area contributed by atoms with Gasteiger partial charge in [-0.3, -0.25) is 9.78 Å². The van der Waals surface area contributed by atoms with Crippen LogP contribution in [-0.4, -0.2) is 35.6 Å². The third-order valence-corrected chi connectivity index (χ3v) is 3.40. The maximum atomic E-state index is 11.9. The Morgan fingerprint density at radius 3 is 2.89 bits per heavy atom. The number of nitrogens with zero attached hydrogens (tertiary/aromatic N) is 2. The first-order chi connectivity index (χ1) is 8.59. The van der Waals surface area contributed by atoms with E-state index in [1.54, 1.807) is 0 Å². The van der Waals surface area contributed by atoms with E-state index in [2.05, 4.69) is 22.2 Å². The quantitative estimate of drug-likeness (QED) is 0.907. The van der Waals surface area contributed by atoms with Crippen molar-refractivity contribution in [3.05, 3.63) is 23.2 Å². The van der Waals surface area contributed by atoms with E-state index in [1.165, 1.54) is 12.4 Å². The Morgan fingerprint density at radius 2 is 2.22 bits per heavy atom. The summed E-state index contributed by atoms with van der Waals surface area (Å²) in [5.74, 6) is -0.238. The van der Waals surface area contributed by atoms with E-state index in [9.17, 15) is 4.79 Å². The van der Waals surface area contributed by atoms with E-state index in [0.29, 0.717) is 6.54 Å². The summed E-state index contributed by atoms with van der Waals surface area (Å²) < 4.78 is 5.32. The standard InChI is InChI=1S/C12H16ClN3O2/c1-12(2-4-18-5-3-12)8-15-11(17)9-6-14-7-10(13)16-9/h6-7H,2-5,8H2,1H3,(H,15,17). The summed E-state index contributed by atoms with van der Waals surface area (Å²) in [5.41, 5.74) is 0.345. The third-order valence-electron chi connectivity index (χ3n) is 3.21. The molecule has 98 valence electrons. The summed E-state index contributed by atoms with van der Waals surface area (Å²) in [5, 5.41) is 3.10. The summed E-state index contributed by atoms with van der Waals surface area (Å²) in [6, 6.07) is 0. The van der Waals surface area contributed by atoms with E-state index >= 15 is 0 Å². The molecule has 1 N–H and O–H groups in total. The Balaban J connectivity index is 1.92. The second-order valence-electron chi connectivity index (χ2n) is 4.83. The lowest BCUT2D eigenvalue weighted by Gasteiger charge is -2.33. The molecule has 0 bridgehead atoms. The minimum absolute atomic E-state index is 0.0971. The van der Waals surface area contributed by atoms with Crippen LogP contribution in [0.5, 0.6) is 0 Å². The fourth-order valence-electron chi connectivity index (χ4n) is 1.88. The maximum Gasteiger partial charge on any atom is 0.271 e. The number of carbonyl (C=O) groups excluding carboxylic acids is 1. The number of aromatic nitrogens is 2. The predicted octanol–water partition coefficient (Wildman–Crippen LogP) is 1.68. The fraction of sp³-hybridized carbons (Fsp3) is 0.583. The molecule has 18 heavy (non-hydrogen) atoms. The summed E-state index contributed by atoms with van der Waals surface area (Å²) in [4.78, 5) is 19.6. The van der Waals surface area contributed by atoms with Crippen molar-refractivity contribution in [2.75, 3.05) is 19.8 Å². The topological polar surface area (TPSA) is 64.1 Å². The average Bonchev–Trinajstić information content (AvgIpc) is 2.37. The highest BCUT2D eigenvalue weighted by Gasteiger charge is 2.28. The van der Waals surface area contributed by atoms with Gasteiger partial charge in [-0.2, -0.15) is 0 Å². The number of nitrogens with one attached hydrogen (secondary N) is 1. The second-order valence-corrected chi connectivity index (χ2v) is 5.22. The first kappa shape index (κ1) is 13.2. The minimum atomic E-state index is -0.238. The zero-order chi connectivity index (χ0) is 13.0. The Kier molecular flexibility index (Phi) is 4.14. The number of ether oxygens (including phenoxy) is 1. The number of hydrogen-bond acceptors (Lipinski definition) is 4. The number of hydrogen-bond donors (Lipinski definition) is 1. The molecule has 2 rings (SSSR count). The molecule has 0 atom stereocenters. The van der Waals surface area contributed by atoms with Gasteiger partial charge in [0.05, 0.1) is 12.4 Å². The van der Waals surface area contributed by atoms with Crippen LogP contribution in [0.3, 0.4) is 0 Å². The average molecular weight is 270 g/mol. The molecule has 1 aliphatic heterocycles. The molecule has 0 unspecified atom stereocenters. The normalized spacial score (nSPS) is 18.3. The van der Waals surface area contributed by atoms with Crippen molar-refractivity contribution >= 4 is 17.5 Å². The highest BCUT2D eigenvalue weighted by atomic mass is 35.5. The summed E-state index contributed by atoms with van der Waals surface area (Å²) in [6.45, 7) is 4.27. The van der Waals surface area contributed by atoms with E-state index in [-0.39, 0.29) is 22.2 Å². The molecule has 6 heteroatoms. The Bertz CT molecular complexity index is 433. The molecule has 5 nitrogen and oxygen atoms in total. The van der Waals surface area contributed by atoms with E-state index in [4.69, 9.17) is 16.3 Å². The molecule has 1 aliphatic rings. The van der Waals surface area contributed by atoms with Crippen LogP contribution in [0.4, 0.5) is 0 Å². The van der Waals surface area contributed by atoms with Crippen molar-refractivity contribution in [3.8, 4) is 0 Å². The van der Waals surface area contributed by atoms with Gasteiger partial charge in [0.2, 0.25) is 0 Å². The van der Waals surface area contributed by atoms with Crippen LogP contribution >= 0.6 is 11.6 Å². The van der Waals surface area contributed by atoms with Crippen molar-refractivity contribution in [1.29, 1.82) is 0 Å². The Labute approximate surface area is 111 Å². The van der Waals surface area contributed by atoms with Gasteiger partial charge in [-0.1, -0.05) is 18.5 Å². The van der Waals surface area contributed by atoms with Gasteiger partial charge in [-0.25, -0.2) is 4.98 Å². The lowest BCUT2D eigenvalue weighted by molar-refractivity contribution is 0.0238. The summed E-state index contributed by atoms with van der Waals surface area (Å²) >= 11 is 5.69. The van der Waals surface area contributed by atoms with E-state index < -0.39 is 0 Å². The SMILES string of the molecule is CC1(CNC(=O)c2cncc(Cl)n2)CCOCC1. The highest BCUT2D eigenvalue weighted by Crippen LogP contribution is 2.28. The van der Waals surface area contributed by atoms with Crippen LogP contribution in [0.2, 0.25) is 5.15 Å². The Hall–Kier alpha value is -1.20. The zero-order valence-corrected chi connectivity index (χ0v) is 11.0. The number of halogens is 1. The van der Waals surface area contributed by atoms with Crippen LogP contribution in [0.25, 0.3) is 0 Å². The first-order valence-electron chi connectivity index (χ1n) is 5.93. The summed E-state index contributed by atoms with van der Waals surface area (Å²) in [7, 11) is 0. The van der Waals surface area contributed by atoms with Crippen LogP contribution in [-0.2, 0) is 4.74 Å². The first-order valence-corrected chi connectivity index (χ1v) is 6.30. The minimum Gasteiger partial charge on any atom is -0.381 e. The van der Waals surface area contributed by atoms with Crippen LogP contribution in [0.1, 0.15) is 30.3 Å². The second kappa shape index (κ2) is 5.63. The van der Waals surface area contributed by atoms with Gasteiger partial charge < -0.3 is 10.1 Å². The van der Waals surface area contributed by atoms with Crippen LogP contribution in [0.15, 0.2) is 12.4 Å². The molecule has 1 saturated heterocycles. The van der Waals surface area contributed by atoms with Gasteiger partial charge in [-0.05, 0) is 18.3 Å². The predicted molar refractivity (Wildman–Crippen MR) is 67.5 cm³/mol. The number of carbonyl (C=O) groups is 1. The van der Waals surface area contributed by atoms with E-state index in [1.807, 2.05) is 0 Å². The van der Waals surface area contributed by atoms with Crippen molar-refractivity contribution < 1.29 is 9.53 Å². The third kappa shape index (κ3) is 3.40. The van der Waals surface area contributed by atoms with Crippen molar-refractivity contribution in [1.82, 2.24) is 15.3 Å². The van der Waals surface area contributed by atoms with Crippen LogP contribution < -0.4 is 5.32 Å². The van der Waals surface area contributed by atoms with Crippen molar-refractivity contribution in [3.63, 3.8) is 0 Å². The maximum absolute atomic E-state index is 11.9. The molecular weight excluding hydrogens is 254 g/mol. The highest BCUT2D eigenvalue weighted by molar-refractivity contribution is 6.29. The lowest BCUT2D eigenvalue weighted by atomic mass is 9.82. The van der Waals surface area contributed by atoms with Gasteiger partial charge in [-0.15, -0.1) is 0 Å². The molecule has 0 aromatic carbocycles. The molecule has 0 aliphatic carbocycles.